The average Bonchev–Trinajstić information content (AvgIpc) is 2.54. The molecule has 23 heavy (non-hydrogen) atoms. The molecule has 0 saturated heterocycles. The van der Waals surface area contributed by atoms with E-state index in [9.17, 15) is 14.9 Å². The molecule has 0 aliphatic heterocycles. The van der Waals surface area contributed by atoms with Crippen LogP contribution < -0.4 is 10.2 Å². The summed E-state index contributed by atoms with van der Waals surface area (Å²) in [7, 11) is 0. The van der Waals surface area contributed by atoms with Crippen LogP contribution in [0.25, 0.3) is 0 Å². The summed E-state index contributed by atoms with van der Waals surface area (Å²) in [6, 6.07) is 13.0. The van der Waals surface area contributed by atoms with Gasteiger partial charge in [-0.05, 0) is 24.3 Å². The summed E-state index contributed by atoms with van der Waals surface area (Å²) < 4.78 is 6.19. The molecule has 1 N–H and O–H groups in total. The number of nitro groups is 1. The molecule has 0 aliphatic carbocycles. The third-order valence-corrected chi connectivity index (χ3v) is 3.20. The molecule has 0 unspecified atom stereocenters. The maximum atomic E-state index is 11.6. The molecule has 0 atom stereocenters. The summed E-state index contributed by atoms with van der Waals surface area (Å²) in [4.78, 5) is 21.7. The van der Waals surface area contributed by atoms with Gasteiger partial charge in [-0.1, -0.05) is 28.1 Å². The van der Waals surface area contributed by atoms with Crippen LogP contribution in [-0.2, 0) is 4.79 Å². The number of nitro benzene ring substituents is 1. The number of halogens is 1. The van der Waals surface area contributed by atoms with Gasteiger partial charge in [0.25, 0.3) is 11.6 Å². The van der Waals surface area contributed by atoms with Crippen LogP contribution in [0.15, 0.2) is 58.1 Å². The highest BCUT2D eigenvalue weighted by Crippen LogP contribution is 2.15. The number of ether oxygens (including phenoxy) is 1. The number of carbonyl (C=O) groups excluding carboxylic acids is 1. The molecular weight excluding hydrogens is 366 g/mol. The quantitative estimate of drug-likeness (QED) is 0.475. The van der Waals surface area contributed by atoms with Crippen molar-refractivity contribution in [2.45, 2.75) is 0 Å². The highest BCUT2D eigenvalue weighted by molar-refractivity contribution is 9.10. The van der Waals surface area contributed by atoms with Crippen LogP contribution in [0.5, 0.6) is 5.75 Å². The molecule has 0 bridgehead atoms. The van der Waals surface area contributed by atoms with Crippen LogP contribution in [0.3, 0.4) is 0 Å². The molecular formula is C15H12BrN3O4. The predicted molar refractivity (Wildman–Crippen MR) is 88.5 cm³/mol. The van der Waals surface area contributed by atoms with Crippen molar-refractivity contribution in [2.24, 2.45) is 5.10 Å². The second-order valence-corrected chi connectivity index (χ2v) is 5.30. The Bertz CT molecular complexity index is 732. The first kappa shape index (κ1) is 16.6. The van der Waals surface area contributed by atoms with Crippen LogP contribution in [0.2, 0.25) is 0 Å². The zero-order valence-electron chi connectivity index (χ0n) is 11.8. The summed E-state index contributed by atoms with van der Waals surface area (Å²) in [6.45, 7) is -0.187. The Labute approximate surface area is 140 Å². The molecule has 0 radical (unpaired) electrons. The van der Waals surface area contributed by atoms with E-state index >= 15 is 0 Å². The van der Waals surface area contributed by atoms with Gasteiger partial charge in [0, 0.05) is 22.2 Å². The van der Waals surface area contributed by atoms with Crippen molar-refractivity contribution in [1.29, 1.82) is 0 Å². The van der Waals surface area contributed by atoms with E-state index in [1.807, 2.05) is 0 Å². The molecule has 0 aliphatic rings. The SMILES string of the molecule is O=C(COc1ccc(Br)cc1)N/N=C/c1cccc([N+](=O)[O-])c1. The molecule has 2 aromatic carbocycles. The lowest BCUT2D eigenvalue weighted by molar-refractivity contribution is -0.384. The third-order valence-electron chi connectivity index (χ3n) is 2.67. The van der Waals surface area contributed by atoms with Crippen LogP contribution in [0, 0.1) is 10.1 Å². The number of hydrogen-bond donors (Lipinski definition) is 1. The smallest absolute Gasteiger partial charge is 0.277 e. The molecule has 8 heteroatoms. The highest BCUT2D eigenvalue weighted by atomic mass is 79.9. The highest BCUT2D eigenvalue weighted by Gasteiger charge is 2.04. The van der Waals surface area contributed by atoms with Gasteiger partial charge in [-0.3, -0.25) is 14.9 Å². The zero-order chi connectivity index (χ0) is 16.7. The summed E-state index contributed by atoms with van der Waals surface area (Å²) in [5.41, 5.74) is 2.75. The van der Waals surface area contributed by atoms with Crippen molar-refractivity contribution in [1.82, 2.24) is 5.43 Å². The van der Waals surface area contributed by atoms with Gasteiger partial charge in [-0.15, -0.1) is 0 Å². The molecule has 0 heterocycles. The van der Waals surface area contributed by atoms with Gasteiger partial charge in [0.05, 0.1) is 11.1 Å². The fourth-order valence-corrected chi connectivity index (χ4v) is 1.87. The van der Waals surface area contributed by atoms with Crippen molar-refractivity contribution >= 4 is 33.7 Å². The number of nitrogens with one attached hydrogen (secondary N) is 1. The average molecular weight is 378 g/mol. The first-order valence-corrected chi connectivity index (χ1v) is 7.28. The number of rotatable bonds is 6. The van der Waals surface area contributed by atoms with Crippen LogP contribution in [0.4, 0.5) is 5.69 Å². The zero-order valence-corrected chi connectivity index (χ0v) is 13.4. The van der Waals surface area contributed by atoms with E-state index in [0.29, 0.717) is 11.3 Å². The van der Waals surface area contributed by atoms with Gasteiger partial charge < -0.3 is 4.74 Å². The van der Waals surface area contributed by atoms with Crippen molar-refractivity contribution in [3.63, 3.8) is 0 Å². The third kappa shape index (κ3) is 5.51. The molecule has 0 spiro atoms. The Morgan fingerprint density at radius 2 is 2.04 bits per heavy atom. The van der Waals surface area contributed by atoms with E-state index in [2.05, 4.69) is 26.5 Å². The molecule has 2 rings (SSSR count). The summed E-state index contributed by atoms with van der Waals surface area (Å²) >= 11 is 3.30. The maximum Gasteiger partial charge on any atom is 0.277 e. The van der Waals surface area contributed by atoms with Crippen molar-refractivity contribution in [2.75, 3.05) is 6.61 Å². The first-order valence-electron chi connectivity index (χ1n) is 6.49. The lowest BCUT2D eigenvalue weighted by Gasteiger charge is -2.04. The number of hydrogen-bond acceptors (Lipinski definition) is 5. The van der Waals surface area contributed by atoms with Crippen molar-refractivity contribution in [3.8, 4) is 5.75 Å². The van der Waals surface area contributed by atoms with Gasteiger partial charge >= 0.3 is 0 Å². The van der Waals surface area contributed by atoms with Crippen molar-refractivity contribution in [3.05, 3.63) is 68.7 Å². The van der Waals surface area contributed by atoms with E-state index in [0.717, 1.165) is 4.47 Å². The van der Waals surface area contributed by atoms with Gasteiger partial charge in [0.15, 0.2) is 6.61 Å². The minimum atomic E-state index is -0.498. The second kappa shape index (κ2) is 8.04. The van der Waals surface area contributed by atoms with Gasteiger partial charge in [0.1, 0.15) is 5.75 Å². The lowest BCUT2D eigenvalue weighted by Crippen LogP contribution is -2.24. The van der Waals surface area contributed by atoms with E-state index in [-0.39, 0.29) is 12.3 Å². The van der Waals surface area contributed by atoms with Crippen LogP contribution >= 0.6 is 15.9 Å². The summed E-state index contributed by atoms with van der Waals surface area (Å²) in [5, 5.41) is 14.4. The Kier molecular flexibility index (Phi) is 5.81. The maximum absolute atomic E-state index is 11.6. The largest absolute Gasteiger partial charge is 0.484 e. The number of hydrazone groups is 1. The minimum absolute atomic E-state index is 0.0427. The first-order chi connectivity index (χ1) is 11.0. The monoisotopic (exact) mass is 377 g/mol. The van der Waals surface area contributed by atoms with Gasteiger partial charge in [0.2, 0.25) is 0 Å². The van der Waals surface area contributed by atoms with E-state index < -0.39 is 10.8 Å². The fourth-order valence-electron chi connectivity index (χ4n) is 1.61. The van der Waals surface area contributed by atoms with Crippen LogP contribution in [-0.4, -0.2) is 23.7 Å². The fraction of sp³-hybridized carbons (Fsp3) is 0.0667. The molecule has 118 valence electrons. The molecule has 2 aromatic rings. The van der Waals surface area contributed by atoms with Crippen molar-refractivity contribution < 1.29 is 14.5 Å². The standard InChI is InChI=1S/C15H12BrN3O4/c16-12-4-6-14(7-5-12)23-10-15(20)18-17-9-11-2-1-3-13(8-11)19(21)22/h1-9H,10H2,(H,18,20)/b17-9+. The minimum Gasteiger partial charge on any atom is -0.484 e. The summed E-state index contributed by atoms with van der Waals surface area (Å²) in [6.07, 6.45) is 1.32. The molecule has 0 fully saturated rings. The summed E-state index contributed by atoms with van der Waals surface area (Å²) in [5.74, 6) is 0.126. The van der Waals surface area contributed by atoms with Gasteiger partial charge in [-0.2, -0.15) is 5.10 Å². The number of benzene rings is 2. The molecule has 0 saturated carbocycles. The predicted octanol–water partition coefficient (Wildman–Crippen LogP) is 2.89. The molecule has 1 amide bonds. The van der Waals surface area contributed by atoms with Gasteiger partial charge in [-0.25, -0.2) is 5.43 Å². The lowest BCUT2D eigenvalue weighted by atomic mass is 10.2. The Morgan fingerprint density at radius 3 is 2.74 bits per heavy atom. The number of amides is 1. The Balaban J connectivity index is 1.83. The number of non-ortho nitro benzene ring substituents is 1. The Morgan fingerprint density at radius 1 is 1.30 bits per heavy atom. The van der Waals surface area contributed by atoms with Crippen LogP contribution in [0.1, 0.15) is 5.56 Å². The number of carbonyl (C=O) groups is 1. The number of nitrogens with zero attached hydrogens (tertiary/aromatic N) is 2. The molecule has 0 aromatic heterocycles. The van der Waals surface area contributed by atoms with E-state index in [1.165, 1.54) is 24.4 Å². The normalized spacial score (nSPS) is 10.5. The Hall–Kier alpha value is -2.74. The van der Waals surface area contributed by atoms with E-state index in [4.69, 9.17) is 4.74 Å². The van der Waals surface area contributed by atoms with E-state index in [1.54, 1.807) is 30.3 Å². The molecule has 7 nitrogen and oxygen atoms in total. The topological polar surface area (TPSA) is 93.8 Å². The second-order valence-electron chi connectivity index (χ2n) is 4.39.